The first-order valence-corrected chi connectivity index (χ1v) is 8.33. The van der Waals surface area contributed by atoms with Crippen molar-refractivity contribution in [1.29, 1.82) is 0 Å². The van der Waals surface area contributed by atoms with Gasteiger partial charge in [-0.1, -0.05) is 51.0 Å². The molecular formula is C19H31N. The second kappa shape index (κ2) is 6.76. The van der Waals surface area contributed by atoms with Crippen molar-refractivity contribution in [2.24, 2.45) is 17.8 Å². The molecule has 0 saturated heterocycles. The van der Waals surface area contributed by atoms with Crippen LogP contribution < -0.4 is 5.32 Å². The molecule has 1 aromatic carbocycles. The number of aryl methyl sites for hydroxylation is 2. The average molecular weight is 273 g/mol. The molecule has 0 amide bonds. The van der Waals surface area contributed by atoms with Crippen molar-refractivity contribution in [2.45, 2.75) is 59.9 Å². The van der Waals surface area contributed by atoms with Crippen molar-refractivity contribution in [3.8, 4) is 0 Å². The summed E-state index contributed by atoms with van der Waals surface area (Å²) in [6, 6.07) is 7.48. The zero-order valence-corrected chi connectivity index (χ0v) is 13.9. The van der Waals surface area contributed by atoms with Gasteiger partial charge in [0.2, 0.25) is 0 Å². The molecule has 1 fully saturated rings. The molecule has 0 bridgehead atoms. The molecule has 0 spiro atoms. The minimum absolute atomic E-state index is 0.538. The fraction of sp³-hybridized carbons (Fsp3) is 0.684. The zero-order valence-electron chi connectivity index (χ0n) is 13.9. The van der Waals surface area contributed by atoms with E-state index in [2.05, 4.69) is 58.1 Å². The largest absolute Gasteiger partial charge is 0.310 e. The first-order chi connectivity index (χ1) is 9.52. The molecule has 20 heavy (non-hydrogen) atoms. The molecular weight excluding hydrogens is 242 g/mol. The van der Waals surface area contributed by atoms with Crippen LogP contribution in [0.5, 0.6) is 0 Å². The number of nitrogens with one attached hydrogen (secondary N) is 1. The summed E-state index contributed by atoms with van der Waals surface area (Å²) >= 11 is 0. The standard InChI is InChI=1S/C19H31N/c1-6-20-19(17-9-8-14(3)15(4)12-17)18-10-7-13(2)11-16(18)5/h7,10-11,14-15,17,19-20H,6,8-9,12H2,1-5H3. The maximum atomic E-state index is 3.76. The Morgan fingerprint density at radius 3 is 2.50 bits per heavy atom. The van der Waals surface area contributed by atoms with E-state index in [0.29, 0.717) is 6.04 Å². The second-order valence-corrected chi connectivity index (χ2v) is 6.92. The van der Waals surface area contributed by atoms with Gasteiger partial charge in [0.25, 0.3) is 0 Å². The minimum atomic E-state index is 0.538. The topological polar surface area (TPSA) is 12.0 Å². The molecule has 0 aliphatic heterocycles. The molecule has 1 saturated carbocycles. The molecule has 0 aromatic heterocycles. The summed E-state index contributed by atoms with van der Waals surface area (Å²) in [6.45, 7) is 12.6. The van der Waals surface area contributed by atoms with Crippen LogP contribution in [0.1, 0.15) is 62.8 Å². The normalized spacial score (nSPS) is 28.4. The summed E-state index contributed by atoms with van der Waals surface area (Å²) in [7, 11) is 0. The number of hydrogen-bond donors (Lipinski definition) is 1. The van der Waals surface area contributed by atoms with Crippen molar-refractivity contribution < 1.29 is 0 Å². The first-order valence-electron chi connectivity index (χ1n) is 8.33. The summed E-state index contributed by atoms with van der Waals surface area (Å²) in [4.78, 5) is 0. The van der Waals surface area contributed by atoms with Crippen LogP contribution in [-0.4, -0.2) is 6.54 Å². The quantitative estimate of drug-likeness (QED) is 0.811. The van der Waals surface area contributed by atoms with Crippen molar-refractivity contribution in [2.75, 3.05) is 6.54 Å². The number of benzene rings is 1. The van der Waals surface area contributed by atoms with Crippen molar-refractivity contribution in [1.82, 2.24) is 5.32 Å². The summed E-state index contributed by atoms with van der Waals surface area (Å²) in [5.41, 5.74) is 4.33. The smallest absolute Gasteiger partial charge is 0.0351 e. The van der Waals surface area contributed by atoms with Gasteiger partial charge in [-0.05, 0) is 62.1 Å². The van der Waals surface area contributed by atoms with E-state index in [1.165, 1.54) is 36.0 Å². The Morgan fingerprint density at radius 2 is 1.90 bits per heavy atom. The highest BCUT2D eigenvalue weighted by Crippen LogP contribution is 2.40. The van der Waals surface area contributed by atoms with E-state index in [-0.39, 0.29) is 0 Å². The summed E-state index contributed by atoms with van der Waals surface area (Å²) in [5, 5.41) is 3.76. The van der Waals surface area contributed by atoms with Crippen LogP contribution in [0.2, 0.25) is 0 Å². The fourth-order valence-electron chi connectivity index (χ4n) is 3.82. The molecule has 4 atom stereocenters. The Labute approximate surface area is 125 Å². The van der Waals surface area contributed by atoms with Crippen molar-refractivity contribution in [3.05, 3.63) is 34.9 Å². The molecule has 0 heterocycles. The summed E-state index contributed by atoms with van der Waals surface area (Å²) in [5.74, 6) is 2.55. The van der Waals surface area contributed by atoms with Crippen LogP contribution in [0.4, 0.5) is 0 Å². The van der Waals surface area contributed by atoms with Gasteiger partial charge in [-0.2, -0.15) is 0 Å². The predicted molar refractivity (Wildman–Crippen MR) is 88.0 cm³/mol. The van der Waals surface area contributed by atoms with E-state index < -0.39 is 0 Å². The molecule has 1 N–H and O–H groups in total. The fourth-order valence-corrected chi connectivity index (χ4v) is 3.82. The lowest BCUT2D eigenvalue weighted by Gasteiger charge is -2.38. The van der Waals surface area contributed by atoms with Crippen LogP contribution in [0, 0.1) is 31.6 Å². The minimum Gasteiger partial charge on any atom is -0.310 e. The van der Waals surface area contributed by atoms with Gasteiger partial charge in [-0.25, -0.2) is 0 Å². The highest BCUT2D eigenvalue weighted by atomic mass is 14.9. The maximum Gasteiger partial charge on any atom is 0.0351 e. The average Bonchev–Trinajstić information content (AvgIpc) is 2.40. The molecule has 1 aliphatic carbocycles. The number of hydrogen-bond acceptors (Lipinski definition) is 1. The van der Waals surface area contributed by atoms with Gasteiger partial charge in [0, 0.05) is 6.04 Å². The highest BCUT2D eigenvalue weighted by Gasteiger charge is 2.31. The lowest BCUT2D eigenvalue weighted by Crippen LogP contribution is -2.33. The van der Waals surface area contributed by atoms with Crippen LogP contribution in [0.15, 0.2) is 18.2 Å². The van der Waals surface area contributed by atoms with Gasteiger partial charge in [-0.3, -0.25) is 0 Å². The van der Waals surface area contributed by atoms with E-state index in [9.17, 15) is 0 Å². The van der Waals surface area contributed by atoms with E-state index >= 15 is 0 Å². The highest BCUT2D eigenvalue weighted by molar-refractivity contribution is 5.33. The monoisotopic (exact) mass is 273 g/mol. The van der Waals surface area contributed by atoms with Gasteiger partial charge >= 0.3 is 0 Å². The molecule has 1 heteroatoms. The predicted octanol–water partition coefficient (Wildman–Crippen LogP) is 5.03. The lowest BCUT2D eigenvalue weighted by molar-refractivity contribution is 0.171. The van der Waals surface area contributed by atoms with Crippen molar-refractivity contribution in [3.63, 3.8) is 0 Å². The van der Waals surface area contributed by atoms with Gasteiger partial charge in [0.15, 0.2) is 0 Å². The van der Waals surface area contributed by atoms with Crippen LogP contribution in [0.3, 0.4) is 0 Å². The van der Waals surface area contributed by atoms with E-state index in [4.69, 9.17) is 0 Å². The molecule has 1 aliphatic rings. The maximum absolute atomic E-state index is 3.76. The third kappa shape index (κ3) is 3.44. The molecule has 0 radical (unpaired) electrons. The number of rotatable bonds is 4. The molecule has 2 rings (SSSR count). The Hall–Kier alpha value is -0.820. The van der Waals surface area contributed by atoms with E-state index in [1.54, 1.807) is 0 Å². The van der Waals surface area contributed by atoms with E-state index in [0.717, 1.165) is 24.3 Å². The molecule has 1 aromatic rings. The van der Waals surface area contributed by atoms with Gasteiger partial charge < -0.3 is 5.32 Å². The SMILES string of the molecule is CCNC(c1ccc(C)cc1C)C1CCC(C)C(C)C1. The zero-order chi connectivity index (χ0) is 14.7. The summed E-state index contributed by atoms with van der Waals surface area (Å²) in [6.07, 6.45) is 4.13. The molecule has 4 unspecified atom stereocenters. The van der Waals surface area contributed by atoms with Crippen molar-refractivity contribution >= 4 is 0 Å². The molecule has 1 nitrogen and oxygen atoms in total. The Balaban J connectivity index is 2.22. The lowest BCUT2D eigenvalue weighted by atomic mass is 9.71. The third-order valence-electron chi connectivity index (χ3n) is 5.29. The Kier molecular flexibility index (Phi) is 5.26. The van der Waals surface area contributed by atoms with Gasteiger partial charge in [-0.15, -0.1) is 0 Å². The van der Waals surface area contributed by atoms with Crippen LogP contribution in [0.25, 0.3) is 0 Å². The van der Waals surface area contributed by atoms with Gasteiger partial charge in [0.05, 0.1) is 0 Å². The van der Waals surface area contributed by atoms with Crippen LogP contribution >= 0.6 is 0 Å². The molecule has 112 valence electrons. The van der Waals surface area contributed by atoms with Crippen LogP contribution in [-0.2, 0) is 0 Å². The Bertz CT molecular complexity index is 437. The Morgan fingerprint density at radius 1 is 1.15 bits per heavy atom. The summed E-state index contributed by atoms with van der Waals surface area (Å²) < 4.78 is 0. The third-order valence-corrected chi connectivity index (χ3v) is 5.29. The second-order valence-electron chi connectivity index (χ2n) is 6.92. The first kappa shape index (κ1) is 15.6. The van der Waals surface area contributed by atoms with E-state index in [1.807, 2.05) is 0 Å². The van der Waals surface area contributed by atoms with Gasteiger partial charge in [0.1, 0.15) is 0 Å².